The first-order valence-electron chi connectivity index (χ1n) is 6.19. The van der Waals surface area contributed by atoms with Crippen LogP contribution in [-0.4, -0.2) is 39.6 Å². The number of hydrogen-bond donors (Lipinski definition) is 1. The van der Waals surface area contributed by atoms with E-state index in [1.54, 1.807) is 12.1 Å². The number of benzene rings is 1. The summed E-state index contributed by atoms with van der Waals surface area (Å²) >= 11 is 5.76. The van der Waals surface area contributed by atoms with Crippen LogP contribution in [0.1, 0.15) is 12.8 Å². The van der Waals surface area contributed by atoms with Crippen molar-refractivity contribution in [2.24, 2.45) is 0 Å². The first-order valence-corrected chi connectivity index (χ1v) is 8.05. The van der Waals surface area contributed by atoms with Crippen LogP contribution in [0.25, 0.3) is 0 Å². The molecule has 1 aliphatic heterocycles. The summed E-state index contributed by atoms with van der Waals surface area (Å²) in [5.41, 5.74) is 0. The molecule has 1 aromatic rings. The number of likely N-dealkylation sites (tertiary alicyclic amines) is 1. The van der Waals surface area contributed by atoms with Gasteiger partial charge in [-0.2, -0.15) is 0 Å². The summed E-state index contributed by atoms with van der Waals surface area (Å²) in [5.74, 6) is 0. The molecule has 0 aliphatic carbocycles. The minimum absolute atomic E-state index is 0.0983. The molecule has 0 unspecified atom stereocenters. The van der Waals surface area contributed by atoms with Gasteiger partial charge in [-0.1, -0.05) is 22.6 Å². The second-order valence-corrected chi connectivity index (χ2v) is 6.52. The minimum atomic E-state index is -3.65. The van der Waals surface area contributed by atoms with E-state index in [1.165, 1.54) is 25.0 Å². The molecule has 1 N–H and O–H groups in total. The molecule has 0 radical (unpaired) electrons. The van der Waals surface area contributed by atoms with E-state index in [-0.39, 0.29) is 4.90 Å². The third-order valence-corrected chi connectivity index (χ3v) is 4.43. The van der Waals surface area contributed by atoms with Crippen LogP contribution >= 0.6 is 11.6 Å². The Morgan fingerprint density at radius 1 is 1.32 bits per heavy atom. The monoisotopic (exact) mass is 304 g/mol. The molecule has 1 aromatic carbocycles. The third kappa shape index (κ3) is 4.43. The van der Waals surface area contributed by atoms with Gasteiger partial charge in [-0.05, 0) is 44.1 Å². The van der Waals surface area contributed by atoms with Crippen LogP contribution in [0.15, 0.2) is 29.2 Å². The van der Waals surface area contributed by atoms with E-state index in [2.05, 4.69) is 9.79 Å². The molecule has 1 aliphatic rings. The molecule has 0 spiro atoms. The maximum atomic E-state index is 11.9. The van der Waals surface area contributed by atoms with Crippen molar-refractivity contribution < 1.29 is 13.3 Å². The Morgan fingerprint density at radius 3 is 2.74 bits per heavy atom. The van der Waals surface area contributed by atoms with Gasteiger partial charge in [-0.15, -0.1) is 0 Å². The molecule has 5 nitrogen and oxygen atoms in total. The van der Waals surface area contributed by atoms with Crippen LogP contribution in [0.2, 0.25) is 5.02 Å². The normalized spacial score (nSPS) is 16.9. The zero-order valence-corrected chi connectivity index (χ0v) is 12.1. The van der Waals surface area contributed by atoms with Crippen molar-refractivity contribution in [1.82, 2.24) is 9.79 Å². The Labute approximate surface area is 118 Å². The number of nitrogens with one attached hydrogen (secondary N) is 1. The van der Waals surface area contributed by atoms with E-state index >= 15 is 0 Å². The van der Waals surface area contributed by atoms with Gasteiger partial charge in [0.1, 0.15) is 0 Å². The van der Waals surface area contributed by atoms with Crippen LogP contribution in [0, 0.1) is 0 Å². The highest BCUT2D eigenvalue weighted by atomic mass is 35.5. The lowest BCUT2D eigenvalue weighted by molar-refractivity contribution is 0.0756. The molecule has 0 atom stereocenters. The number of sulfonamides is 1. The molecule has 7 heteroatoms. The fraction of sp³-hybridized carbons (Fsp3) is 0.500. The van der Waals surface area contributed by atoms with E-state index in [0.717, 1.165) is 19.6 Å². The zero-order chi connectivity index (χ0) is 13.7. The number of nitrogens with zero attached hydrogens (tertiary/aromatic N) is 1. The molecule has 1 saturated heterocycles. The Bertz CT molecular complexity index is 515. The quantitative estimate of drug-likeness (QED) is 0.641. The van der Waals surface area contributed by atoms with Crippen molar-refractivity contribution in [2.75, 3.05) is 26.2 Å². The van der Waals surface area contributed by atoms with Gasteiger partial charge in [0.15, 0.2) is 0 Å². The summed E-state index contributed by atoms with van der Waals surface area (Å²) in [6.07, 6.45) is 2.41. The summed E-state index contributed by atoms with van der Waals surface area (Å²) in [6.45, 7) is 3.19. The van der Waals surface area contributed by atoms with E-state index < -0.39 is 10.0 Å². The van der Waals surface area contributed by atoms with E-state index in [1.807, 2.05) is 0 Å². The topological polar surface area (TPSA) is 58.6 Å². The first-order chi connectivity index (χ1) is 9.08. The van der Waals surface area contributed by atoms with Gasteiger partial charge >= 0.3 is 0 Å². The molecule has 0 aromatic heterocycles. The highest BCUT2D eigenvalue weighted by Gasteiger charge is 2.15. The predicted molar refractivity (Wildman–Crippen MR) is 73.4 cm³/mol. The lowest BCUT2D eigenvalue weighted by Crippen LogP contribution is -2.30. The minimum Gasteiger partial charge on any atom is -0.301 e. The second kappa shape index (κ2) is 6.67. The van der Waals surface area contributed by atoms with Crippen LogP contribution in [0.4, 0.5) is 0 Å². The molecule has 0 amide bonds. The Morgan fingerprint density at radius 2 is 2.05 bits per heavy atom. The fourth-order valence-corrected chi connectivity index (χ4v) is 3.11. The molecule has 1 heterocycles. The van der Waals surface area contributed by atoms with Gasteiger partial charge in [0.25, 0.3) is 10.0 Å². The smallest absolute Gasteiger partial charge is 0.262 e. The van der Waals surface area contributed by atoms with Gasteiger partial charge in [-0.25, -0.2) is 8.42 Å². The Kier molecular flexibility index (Phi) is 5.18. The SMILES string of the molecule is O=S(=O)(NOCCN1CCCC1)c1cccc(Cl)c1. The number of rotatable bonds is 6. The van der Waals surface area contributed by atoms with Gasteiger partial charge in [0, 0.05) is 11.6 Å². The summed E-state index contributed by atoms with van der Waals surface area (Å²) in [7, 11) is -3.65. The summed E-state index contributed by atoms with van der Waals surface area (Å²) < 4.78 is 23.7. The maximum Gasteiger partial charge on any atom is 0.262 e. The van der Waals surface area contributed by atoms with Crippen LogP contribution in [0.3, 0.4) is 0 Å². The molecule has 2 rings (SSSR count). The van der Waals surface area contributed by atoms with Gasteiger partial charge in [-0.3, -0.25) is 4.84 Å². The molecule has 1 fully saturated rings. The maximum absolute atomic E-state index is 11.9. The largest absolute Gasteiger partial charge is 0.301 e. The van der Waals surface area contributed by atoms with Gasteiger partial charge in [0.2, 0.25) is 0 Å². The number of halogens is 1. The van der Waals surface area contributed by atoms with Crippen molar-refractivity contribution in [3.05, 3.63) is 29.3 Å². The fourth-order valence-electron chi connectivity index (χ4n) is 1.98. The highest BCUT2D eigenvalue weighted by Crippen LogP contribution is 2.15. The number of hydrogen-bond acceptors (Lipinski definition) is 4. The molecular weight excluding hydrogens is 288 g/mol. The van der Waals surface area contributed by atoms with Gasteiger partial charge in [0.05, 0.1) is 11.5 Å². The predicted octanol–water partition coefficient (Wildman–Crippen LogP) is 1.65. The van der Waals surface area contributed by atoms with E-state index in [9.17, 15) is 8.42 Å². The summed E-state index contributed by atoms with van der Waals surface area (Å²) in [4.78, 5) is 9.49. The van der Waals surface area contributed by atoms with Crippen LogP contribution in [-0.2, 0) is 14.9 Å². The van der Waals surface area contributed by atoms with Crippen LogP contribution in [0.5, 0.6) is 0 Å². The third-order valence-electron chi connectivity index (χ3n) is 2.98. The Hall–Kier alpha value is -0.660. The van der Waals surface area contributed by atoms with Crippen molar-refractivity contribution in [3.63, 3.8) is 0 Å². The molecule has 0 saturated carbocycles. The van der Waals surface area contributed by atoms with Crippen molar-refractivity contribution in [1.29, 1.82) is 0 Å². The first kappa shape index (κ1) is 14.7. The second-order valence-electron chi connectivity index (χ2n) is 4.44. The average Bonchev–Trinajstić information content (AvgIpc) is 2.88. The standard InChI is InChI=1S/C12H17ClN2O3S/c13-11-4-3-5-12(10-11)19(16,17)14-18-9-8-15-6-1-2-7-15/h3-5,10,14H,1-2,6-9H2. The zero-order valence-electron chi connectivity index (χ0n) is 10.5. The van der Waals surface area contributed by atoms with Crippen molar-refractivity contribution >= 4 is 21.6 Å². The van der Waals surface area contributed by atoms with Crippen molar-refractivity contribution in [3.8, 4) is 0 Å². The van der Waals surface area contributed by atoms with Gasteiger partial charge < -0.3 is 4.90 Å². The summed E-state index contributed by atoms with van der Waals surface area (Å²) in [6, 6.07) is 6.06. The molecule has 19 heavy (non-hydrogen) atoms. The van der Waals surface area contributed by atoms with Crippen molar-refractivity contribution in [2.45, 2.75) is 17.7 Å². The average molecular weight is 305 g/mol. The molecular formula is C12H17ClN2O3S. The van der Waals surface area contributed by atoms with Crippen LogP contribution < -0.4 is 4.89 Å². The van der Waals surface area contributed by atoms with E-state index in [4.69, 9.17) is 16.4 Å². The molecule has 106 valence electrons. The summed E-state index contributed by atoms with van der Waals surface area (Å²) in [5, 5.41) is 0.375. The lowest BCUT2D eigenvalue weighted by Gasteiger charge is -2.14. The van der Waals surface area contributed by atoms with E-state index in [0.29, 0.717) is 11.6 Å². The lowest BCUT2D eigenvalue weighted by atomic mass is 10.4. The molecule has 0 bridgehead atoms. The highest BCUT2D eigenvalue weighted by molar-refractivity contribution is 7.89. The Balaban J connectivity index is 1.80.